The molecule has 0 aliphatic carbocycles. The molecule has 2 aromatic carbocycles. The number of halogens is 1. The largest absolute Gasteiger partial charge is 0.588 e. The van der Waals surface area contributed by atoms with Crippen molar-refractivity contribution in [3.05, 3.63) is 82.6 Å². The van der Waals surface area contributed by atoms with Gasteiger partial charge in [0.15, 0.2) is 4.90 Å². The monoisotopic (exact) mass is 453 g/mol. The Kier molecular flexibility index (Phi) is 5.51. The Morgan fingerprint density at radius 1 is 0.935 bits per heavy atom. The van der Waals surface area contributed by atoms with E-state index < -0.39 is 23.2 Å². The van der Waals surface area contributed by atoms with Gasteiger partial charge in [-0.1, -0.05) is 44.5 Å². The highest BCUT2D eigenvalue weighted by molar-refractivity contribution is 7.92. The molecule has 1 unspecified atom stereocenters. The summed E-state index contributed by atoms with van der Waals surface area (Å²) in [5.74, 6) is -1.06. The number of amides is 2. The molecule has 31 heavy (non-hydrogen) atoms. The maximum absolute atomic E-state index is 13.1. The minimum Gasteiger partial charge on any atom is -0.588 e. The number of anilines is 2. The molecule has 2 heterocycles. The van der Waals surface area contributed by atoms with Gasteiger partial charge in [-0.3, -0.25) is 14.6 Å². The van der Waals surface area contributed by atoms with Crippen LogP contribution < -0.4 is 9.62 Å². The number of nitrogens with zero attached hydrogens (tertiary/aromatic N) is 2. The molecule has 0 saturated carbocycles. The van der Waals surface area contributed by atoms with Gasteiger partial charge in [0.25, 0.3) is 11.8 Å². The van der Waals surface area contributed by atoms with Gasteiger partial charge in [-0.2, -0.15) is 0 Å². The van der Waals surface area contributed by atoms with Crippen LogP contribution in [-0.4, -0.2) is 21.4 Å². The van der Waals surface area contributed by atoms with Crippen LogP contribution in [0, 0.1) is 0 Å². The topological polar surface area (TPSA) is 85.4 Å². The molecule has 2 amide bonds. The van der Waals surface area contributed by atoms with Crippen LogP contribution in [0.5, 0.6) is 0 Å². The third kappa shape index (κ3) is 3.92. The highest BCUT2D eigenvalue weighted by Gasteiger charge is 2.41. The Morgan fingerprint density at radius 3 is 2.16 bits per heavy atom. The summed E-state index contributed by atoms with van der Waals surface area (Å²) >= 11 is 4.62. The second-order valence-corrected chi connectivity index (χ2v) is 9.76. The molecule has 4 rings (SSSR count). The van der Waals surface area contributed by atoms with Gasteiger partial charge in [0.05, 0.1) is 27.5 Å². The first-order chi connectivity index (χ1) is 14.7. The zero-order chi connectivity index (χ0) is 22.3. The van der Waals surface area contributed by atoms with Crippen molar-refractivity contribution in [1.82, 2.24) is 4.98 Å². The van der Waals surface area contributed by atoms with E-state index in [0.29, 0.717) is 10.6 Å². The Hall–Kier alpha value is -2.87. The fourth-order valence-corrected chi connectivity index (χ4v) is 4.48. The van der Waals surface area contributed by atoms with Crippen LogP contribution in [0.25, 0.3) is 0 Å². The zero-order valence-corrected chi connectivity index (χ0v) is 18.8. The quantitative estimate of drug-likeness (QED) is 0.445. The molecular formula is C23H20ClN3O3S. The normalized spacial score (nSPS) is 14.5. The molecule has 1 atom stereocenters. The van der Waals surface area contributed by atoms with Gasteiger partial charge >= 0.3 is 0 Å². The first-order valence-corrected chi connectivity index (χ1v) is 11.1. The third-order valence-corrected chi connectivity index (χ3v) is 6.47. The molecule has 6 nitrogen and oxygen atoms in total. The summed E-state index contributed by atoms with van der Waals surface area (Å²) in [6.07, 6.45) is 2.99. The van der Waals surface area contributed by atoms with Crippen molar-refractivity contribution >= 4 is 46.2 Å². The van der Waals surface area contributed by atoms with Gasteiger partial charge < -0.3 is 4.55 Å². The molecule has 158 valence electrons. The van der Waals surface area contributed by atoms with E-state index in [-0.39, 0.29) is 27.3 Å². The summed E-state index contributed by atoms with van der Waals surface area (Å²) in [6.45, 7) is 6.31. The fourth-order valence-electron chi connectivity index (χ4n) is 3.37. The molecule has 0 radical (unpaired) electrons. The van der Waals surface area contributed by atoms with E-state index in [1.165, 1.54) is 18.5 Å². The maximum Gasteiger partial charge on any atom is 0.268 e. The van der Waals surface area contributed by atoms with Gasteiger partial charge in [-0.05, 0) is 47.4 Å². The average molecular weight is 454 g/mol. The second-order valence-electron chi connectivity index (χ2n) is 8.14. The lowest BCUT2D eigenvalue weighted by molar-refractivity contribution is 0.0926. The lowest BCUT2D eigenvalue weighted by atomic mass is 9.87. The molecule has 0 fully saturated rings. The molecule has 1 aromatic heterocycles. The zero-order valence-electron chi connectivity index (χ0n) is 17.2. The highest BCUT2D eigenvalue weighted by Crippen LogP contribution is 2.37. The van der Waals surface area contributed by atoms with Crippen LogP contribution in [-0.2, 0) is 16.8 Å². The van der Waals surface area contributed by atoms with E-state index in [9.17, 15) is 14.1 Å². The molecule has 1 aliphatic heterocycles. The van der Waals surface area contributed by atoms with Crippen LogP contribution in [0.3, 0.4) is 0 Å². The Bertz CT molecular complexity index is 1160. The lowest BCUT2D eigenvalue weighted by Crippen LogP contribution is -2.29. The number of nitrogens with one attached hydrogen (secondary N) is 1. The standard InChI is InChI=1S/C23H20ClN3O3S/c1-23(2,3)14-4-6-16(7-5-14)31(30)26-18-9-8-17(24)19-20(18)22(29)27(21(19)28)15-10-12-25-13-11-15/h4-13,26H,1-3H3. The predicted molar refractivity (Wildman–Crippen MR) is 122 cm³/mol. The number of benzene rings is 2. The van der Waals surface area contributed by atoms with Crippen molar-refractivity contribution < 1.29 is 14.1 Å². The minimum absolute atomic E-state index is 0.0202. The van der Waals surface area contributed by atoms with Crippen LogP contribution in [0.2, 0.25) is 5.02 Å². The summed E-state index contributed by atoms with van der Waals surface area (Å²) < 4.78 is 15.8. The number of hydrogen-bond acceptors (Lipinski definition) is 5. The number of pyridine rings is 1. The summed E-state index contributed by atoms with van der Waals surface area (Å²) in [7, 11) is 0. The number of fused-ring (bicyclic) bond motifs is 1. The minimum atomic E-state index is -1.64. The Balaban J connectivity index is 1.67. The molecule has 0 bridgehead atoms. The fraction of sp³-hybridized carbons (Fsp3) is 0.174. The van der Waals surface area contributed by atoms with E-state index in [1.54, 1.807) is 30.3 Å². The van der Waals surface area contributed by atoms with E-state index in [0.717, 1.165) is 10.5 Å². The Labute approximate surface area is 188 Å². The number of carbonyl (C=O) groups excluding carboxylic acids is 2. The summed E-state index contributed by atoms with van der Waals surface area (Å²) in [5.41, 5.74) is 1.97. The number of hydrogen-bond donors (Lipinski definition) is 1. The van der Waals surface area contributed by atoms with E-state index in [1.807, 2.05) is 12.1 Å². The van der Waals surface area contributed by atoms with Crippen molar-refractivity contribution in [2.75, 3.05) is 9.62 Å². The summed E-state index contributed by atoms with van der Waals surface area (Å²) in [4.78, 5) is 31.6. The van der Waals surface area contributed by atoms with E-state index in [4.69, 9.17) is 11.6 Å². The van der Waals surface area contributed by atoms with E-state index in [2.05, 4.69) is 30.5 Å². The molecule has 0 saturated heterocycles. The van der Waals surface area contributed by atoms with Crippen molar-refractivity contribution in [3.8, 4) is 0 Å². The van der Waals surface area contributed by atoms with Crippen molar-refractivity contribution in [1.29, 1.82) is 0 Å². The number of rotatable bonds is 4. The van der Waals surface area contributed by atoms with Crippen LogP contribution in [0.15, 0.2) is 65.8 Å². The van der Waals surface area contributed by atoms with Gasteiger partial charge in [0, 0.05) is 12.4 Å². The van der Waals surface area contributed by atoms with Gasteiger partial charge in [0.2, 0.25) is 0 Å². The van der Waals surface area contributed by atoms with Crippen LogP contribution in [0.4, 0.5) is 11.4 Å². The van der Waals surface area contributed by atoms with Crippen molar-refractivity contribution in [2.45, 2.75) is 31.1 Å². The maximum atomic E-state index is 13.1. The highest BCUT2D eigenvalue weighted by atomic mass is 35.5. The SMILES string of the molecule is CC(C)(C)c1ccc([S+]([O-])Nc2ccc(Cl)c3c2C(=O)N(c2ccncc2)C3=O)cc1. The number of imide groups is 1. The molecule has 3 aromatic rings. The number of carbonyl (C=O) groups is 2. The summed E-state index contributed by atoms with van der Waals surface area (Å²) in [6, 6.07) is 13.6. The first-order valence-electron chi connectivity index (χ1n) is 9.59. The Morgan fingerprint density at radius 2 is 1.55 bits per heavy atom. The van der Waals surface area contributed by atoms with Crippen LogP contribution in [0.1, 0.15) is 47.1 Å². The lowest BCUT2D eigenvalue weighted by Gasteiger charge is -2.19. The summed E-state index contributed by atoms with van der Waals surface area (Å²) in [5, 5.41) is 0.163. The molecule has 8 heteroatoms. The molecule has 1 aliphatic rings. The van der Waals surface area contributed by atoms with Crippen molar-refractivity contribution in [2.24, 2.45) is 0 Å². The van der Waals surface area contributed by atoms with Crippen LogP contribution >= 0.6 is 11.6 Å². The van der Waals surface area contributed by atoms with E-state index >= 15 is 0 Å². The molecule has 0 spiro atoms. The smallest absolute Gasteiger partial charge is 0.268 e. The second kappa shape index (κ2) is 8.00. The predicted octanol–water partition coefficient (Wildman–Crippen LogP) is 4.97. The molecule has 1 N–H and O–H groups in total. The van der Waals surface area contributed by atoms with Gasteiger partial charge in [-0.15, -0.1) is 0 Å². The number of aromatic nitrogens is 1. The van der Waals surface area contributed by atoms with Gasteiger partial charge in [-0.25, -0.2) is 9.62 Å². The third-order valence-electron chi connectivity index (χ3n) is 5.05. The van der Waals surface area contributed by atoms with Gasteiger partial charge in [0.1, 0.15) is 11.4 Å². The average Bonchev–Trinajstić information content (AvgIpc) is 3.01. The van der Waals surface area contributed by atoms with Crippen molar-refractivity contribution in [3.63, 3.8) is 0 Å². The first kappa shape index (κ1) is 21.4. The molecular weight excluding hydrogens is 434 g/mol.